The Balaban J connectivity index is -0.000000202. The second-order valence-electron chi connectivity index (χ2n) is 3.09. The molecule has 0 aromatic carbocycles. The first-order valence-corrected chi connectivity index (χ1v) is 5.10. The summed E-state index contributed by atoms with van der Waals surface area (Å²) in [6, 6.07) is 0. The first-order chi connectivity index (χ1) is 6.99. The Morgan fingerprint density at radius 2 is 1.67 bits per heavy atom. The van der Waals surface area contributed by atoms with E-state index >= 15 is 0 Å². The standard InChI is InChI=1S/C5H10N4.C4H10.C2H6/c1-4-5(8-6)9(3)7-2;1-4(2)3;1-2/h4H,1-2,6H2,3H3;4H,1-3H3;1-2H3/b8-5-;;. The molecule has 0 unspecified atom stereocenters. The summed E-state index contributed by atoms with van der Waals surface area (Å²) >= 11 is 0. The maximum absolute atomic E-state index is 4.95. The Hall–Kier alpha value is -1.32. The third-order valence-electron chi connectivity index (χ3n) is 0.859. The summed E-state index contributed by atoms with van der Waals surface area (Å²) in [5.41, 5.74) is 0. The van der Waals surface area contributed by atoms with Crippen LogP contribution in [0.2, 0.25) is 0 Å². The van der Waals surface area contributed by atoms with Crippen LogP contribution in [-0.4, -0.2) is 24.6 Å². The van der Waals surface area contributed by atoms with Crippen molar-refractivity contribution in [3.05, 3.63) is 12.7 Å². The molecular weight excluding hydrogens is 188 g/mol. The van der Waals surface area contributed by atoms with Gasteiger partial charge in [0.25, 0.3) is 0 Å². The highest BCUT2D eigenvalue weighted by Crippen LogP contribution is 1.85. The highest BCUT2D eigenvalue weighted by molar-refractivity contribution is 5.91. The SMILES string of the molecule is C=C/C(=N/N)N(C)N=C.CC.CC(C)C. The van der Waals surface area contributed by atoms with Crippen LogP contribution in [0.3, 0.4) is 0 Å². The van der Waals surface area contributed by atoms with E-state index in [4.69, 9.17) is 5.84 Å². The molecule has 0 fully saturated rings. The molecule has 0 heterocycles. The molecule has 0 saturated heterocycles. The van der Waals surface area contributed by atoms with Gasteiger partial charge >= 0.3 is 0 Å². The number of likely N-dealkylation sites (N-methyl/N-ethyl adjacent to an activating group) is 1. The molecule has 0 aromatic rings. The second-order valence-corrected chi connectivity index (χ2v) is 3.09. The summed E-state index contributed by atoms with van der Waals surface area (Å²) in [5.74, 6) is 6.27. The van der Waals surface area contributed by atoms with Gasteiger partial charge in [0.2, 0.25) is 0 Å². The molecule has 0 aromatic heterocycles. The number of hydrogen-bond acceptors (Lipinski definition) is 3. The summed E-state index contributed by atoms with van der Waals surface area (Å²) in [6.07, 6.45) is 1.49. The van der Waals surface area contributed by atoms with Crippen LogP contribution in [0.5, 0.6) is 0 Å². The summed E-state index contributed by atoms with van der Waals surface area (Å²) in [4.78, 5) is 0. The predicted octanol–water partition coefficient (Wildman–Crippen LogP) is 2.68. The maximum atomic E-state index is 4.95. The number of nitrogens with zero attached hydrogens (tertiary/aromatic N) is 3. The lowest BCUT2D eigenvalue weighted by Gasteiger charge is -2.08. The van der Waals surface area contributed by atoms with Crippen LogP contribution < -0.4 is 5.84 Å². The fourth-order valence-corrected chi connectivity index (χ4v) is 0.341. The minimum atomic E-state index is 0.491. The van der Waals surface area contributed by atoms with Gasteiger partial charge in [0.15, 0.2) is 5.84 Å². The van der Waals surface area contributed by atoms with Crippen LogP contribution in [0.25, 0.3) is 0 Å². The fraction of sp³-hybridized carbons (Fsp3) is 0.636. The largest absolute Gasteiger partial charge is 0.321 e. The number of hydrogen-bond donors (Lipinski definition) is 1. The van der Waals surface area contributed by atoms with Crippen LogP contribution in [0.1, 0.15) is 34.6 Å². The van der Waals surface area contributed by atoms with Crippen LogP contribution in [-0.2, 0) is 0 Å². The molecule has 2 N–H and O–H groups in total. The topological polar surface area (TPSA) is 54.0 Å². The van der Waals surface area contributed by atoms with Crippen molar-refractivity contribution in [1.29, 1.82) is 0 Å². The lowest BCUT2D eigenvalue weighted by atomic mass is 10.3. The molecule has 0 aliphatic carbocycles. The van der Waals surface area contributed by atoms with Gasteiger partial charge in [-0.05, 0) is 12.0 Å². The van der Waals surface area contributed by atoms with Gasteiger partial charge in [-0.15, -0.1) is 0 Å². The molecule has 90 valence electrons. The van der Waals surface area contributed by atoms with E-state index in [0.29, 0.717) is 5.84 Å². The minimum absolute atomic E-state index is 0.491. The Morgan fingerprint density at radius 3 is 1.73 bits per heavy atom. The number of amidine groups is 1. The van der Waals surface area contributed by atoms with Crippen molar-refractivity contribution < 1.29 is 0 Å². The average Bonchev–Trinajstić information content (AvgIpc) is 2.21. The Kier molecular flexibility index (Phi) is 19.5. The molecule has 0 saturated carbocycles. The van der Waals surface area contributed by atoms with Gasteiger partial charge in [-0.2, -0.15) is 10.2 Å². The fourth-order valence-electron chi connectivity index (χ4n) is 0.341. The van der Waals surface area contributed by atoms with Gasteiger partial charge < -0.3 is 5.84 Å². The molecule has 0 amide bonds. The first-order valence-electron chi connectivity index (χ1n) is 5.10. The van der Waals surface area contributed by atoms with E-state index in [9.17, 15) is 0 Å². The molecule has 4 heteroatoms. The lowest BCUT2D eigenvalue weighted by Crippen LogP contribution is -2.19. The molecular formula is C11H26N4. The minimum Gasteiger partial charge on any atom is -0.321 e. The number of hydrazone groups is 2. The number of nitrogens with two attached hydrogens (primary N) is 1. The highest BCUT2D eigenvalue weighted by atomic mass is 15.5. The summed E-state index contributed by atoms with van der Waals surface area (Å²) < 4.78 is 0. The van der Waals surface area contributed by atoms with Gasteiger partial charge in [0.05, 0.1) is 0 Å². The Labute approximate surface area is 94.5 Å². The van der Waals surface area contributed by atoms with Crippen molar-refractivity contribution in [2.24, 2.45) is 22.0 Å². The molecule has 0 bridgehead atoms. The molecule has 0 aliphatic heterocycles. The second kappa shape index (κ2) is 15.2. The van der Waals surface area contributed by atoms with Crippen molar-refractivity contribution in [2.75, 3.05) is 7.05 Å². The van der Waals surface area contributed by atoms with Crippen LogP contribution in [0.15, 0.2) is 22.9 Å². The van der Waals surface area contributed by atoms with E-state index in [1.165, 1.54) is 11.1 Å². The van der Waals surface area contributed by atoms with Crippen molar-refractivity contribution in [2.45, 2.75) is 34.6 Å². The molecule has 0 radical (unpaired) electrons. The summed E-state index contributed by atoms with van der Waals surface area (Å²) in [5, 5.41) is 8.32. The van der Waals surface area contributed by atoms with Crippen molar-refractivity contribution >= 4 is 12.6 Å². The predicted molar refractivity (Wildman–Crippen MR) is 71.0 cm³/mol. The molecule has 0 atom stereocenters. The quantitative estimate of drug-likeness (QED) is 0.332. The van der Waals surface area contributed by atoms with Crippen molar-refractivity contribution in [3.8, 4) is 0 Å². The summed E-state index contributed by atoms with van der Waals surface area (Å²) in [7, 11) is 1.68. The third-order valence-corrected chi connectivity index (χ3v) is 0.859. The average molecular weight is 214 g/mol. The van der Waals surface area contributed by atoms with Gasteiger partial charge in [0.1, 0.15) is 0 Å². The zero-order valence-corrected chi connectivity index (χ0v) is 11.0. The van der Waals surface area contributed by atoms with E-state index in [0.717, 1.165) is 5.92 Å². The van der Waals surface area contributed by atoms with Crippen molar-refractivity contribution in [1.82, 2.24) is 5.01 Å². The molecule has 0 spiro atoms. The Morgan fingerprint density at radius 1 is 1.33 bits per heavy atom. The van der Waals surface area contributed by atoms with E-state index in [1.54, 1.807) is 7.05 Å². The smallest absolute Gasteiger partial charge is 0.167 e. The number of rotatable bonds is 2. The highest BCUT2D eigenvalue weighted by Gasteiger charge is 1.94. The zero-order chi connectivity index (χ0) is 12.9. The third kappa shape index (κ3) is 19.2. The van der Waals surface area contributed by atoms with Crippen LogP contribution in [0.4, 0.5) is 0 Å². The van der Waals surface area contributed by atoms with Gasteiger partial charge in [-0.3, -0.25) is 5.01 Å². The molecule has 0 rings (SSSR count). The van der Waals surface area contributed by atoms with E-state index in [1.807, 2.05) is 13.8 Å². The Bertz CT molecular complexity index is 171. The van der Waals surface area contributed by atoms with Crippen LogP contribution >= 0.6 is 0 Å². The van der Waals surface area contributed by atoms with Gasteiger partial charge in [0, 0.05) is 13.8 Å². The monoisotopic (exact) mass is 214 g/mol. The zero-order valence-electron chi connectivity index (χ0n) is 11.0. The molecule has 4 nitrogen and oxygen atoms in total. The lowest BCUT2D eigenvalue weighted by molar-refractivity contribution is 0.550. The van der Waals surface area contributed by atoms with Gasteiger partial charge in [-0.1, -0.05) is 41.2 Å². The van der Waals surface area contributed by atoms with Gasteiger partial charge in [-0.25, -0.2) is 0 Å². The molecule has 0 aliphatic rings. The first kappa shape index (κ1) is 19.3. The van der Waals surface area contributed by atoms with Crippen LogP contribution in [0, 0.1) is 5.92 Å². The van der Waals surface area contributed by atoms with E-state index in [-0.39, 0.29) is 0 Å². The van der Waals surface area contributed by atoms with E-state index < -0.39 is 0 Å². The summed E-state index contributed by atoms with van der Waals surface area (Å²) in [6.45, 7) is 17.2. The van der Waals surface area contributed by atoms with Crippen molar-refractivity contribution in [3.63, 3.8) is 0 Å². The molecule has 15 heavy (non-hydrogen) atoms. The van der Waals surface area contributed by atoms with E-state index in [2.05, 4.69) is 44.3 Å². The maximum Gasteiger partial charge on any atom is 0.167 e. The normalized spacial score (nSPS) is 9.13.